The molecule has 1 saturated heterocycles. The molecule has 1 heterocycles. The third kappa shape index (κ3) is 3.18. The lowest BCUT2D eigenvalue weighted by molar-refractivity contribution is -0.135. The molecule has 1 saturated carbocycles. The third-order valence-electron chi connectivity index (χ3n) is 3.63. The summed E-state index contributed by atoms with van der Waals surface area (Å²) in [6, 6.07) is 0. The second kappa shape index (κ2) is 5.33. The van der Waals surface area contributed by atoms with Gasteiger partial charge in [0.1, 0.15) is 0 Å². The van der Waals surface area contributed by atoms with Crippen molar-refractivity contribution in [1.29, 1.82) is 0 Å². The lowest BCUT2D eigenvalue weighted by atomic mass is 10.2. The van der Waals surface area contributed by atoms with Gasteiger partial charge in [-0.25, -0.2) is 0 Å². The van der Waals surface area contributed by atoms with E-state index in [2.05, 4.69) is 4.90 Å². The number of carbonyl (C=O) groups excluding carboxylic acids is 1. The van der Waals surface area contributed by atoms with Crippen LogP contribution < -0.4 is 5.73 Å². The molecule has 0 radical (unpaired) electrons. The molecule has 17 heavy (non-hydrogen) atoms. The quantitative estimate of drug-likeness (QED) is 0.669. The topological polar surface area (TPSA) is 58.8 Å². The molecular formula is C12H23N3O2. The second-order valence-corrected chi connectivity index (χ2v) is 4.99. The van der Waals surface area contributed by atoms with Crippen LogP contribution >= 0.6 is 0 Å². The number of hydrogen-bond donors (Lipinski definition) is 1. The van der Waals surface area contributed by atoms with Crippen LogP contribution in [0.15, 0.2) is 0 Å². The van der Waals surface area contributed by atoms with Crippen molar-refractivity contribution in [2.45, 2.75) is 25.3 Å². The molecule has 98 valence electrons. The lowest BCUT2D eigenvalue weighted by Gasteiger charge is -2.35. The van der Waals surface area contributed by atoms with Gasteiger partial charge in [-0.15, -0.1) is 0 Å². The number of carbonyl (C=O) groups is 1. The Kier molecular flexibility index (Phi) is 4.01. The smallest absolute Gasteiger partial charge is 0.242 e. The van der Waals surface area contributed by atoms with Crippen molar-refractivity contribution in [3.63, 3.8) is 0 Å². The SMILES string of the molecule is CCOCCN1CCN(C(=O)C2(N)CC2)CC1. The van der Waals surface area contributed by atoms with Crippen LogP contribution in [0.2, 0.25) is 0 Å². The van der Waals surface area contributed by atoms with E-state index in [0.29, 0.717) is 0 Å². The van der Waals surface area contributed by atoms with E-state index in [0.717, 1.165) is 58.8 Å². The van der Waals surface area contributed by atoms with Gasteiger partial charge in [0.15, 0.2) is 0 Å². The van der Waals surface area contributed by atoms with E-state index >= 15 is 0 Å². The molecule has 0 unspecified atom stereocenters. The zero-order valence-electron chi connectivity index (χ0n) is 10.7. The minimum atomic E-state index is -0.506. The molecule has 5 heteroatoms. The normalized spacial score (nSPS) is 23.8. The van der Waals surface area contributed by atoms with Crippen LogP contribution in [0.5, 0.6) is 0 Å². The van der Waals surface area contributed by atoms with Crippen molar-refractivity contribution in [3.05, 3.63) is 0 Å². The zero-order chi connectivity index (χ0) is 12.3. The van der Waals surface area contributed by atoms with E-state index in [-0.39, 0.29) is 5.91 Å². The van der Waals surface area contributed by atoms with Gasteiger partial charge in [0, 0.05) is 39.3 Å². The fourth-order valence-electron chi connectivity index (χ4n) is 2.18. The van der Waals surface area contributed by atoms with Gasteiger partial charge in [0.05, 0.1) is 12.1 Å². The summed E-state index contributed by atoms with van der Waals surface area (Å²) in [7, 11) is 0. The number of amides is 1. The van der Waals surface area contributed by atoms with Crippen molar-refractivity contribution in [3.8, 4) is 0 Å². The van der Waals surface area contributed by atoms with Gasteiger partial charge < -0.3 is 15.4 Å². The molecule has 2 N–H and O–H groups in total. The molecule has 0 aromatic carbocycles. The van der Waals surface area contributed by atoms with Crippen LogP contribution in [0, 0.1) is 0 Å². The largest absolute Gasteiger partial charge is 0.380 e. The fourth-order valence-corrected chi connectivity index (χ4v) is 2.18. The number of nitrogens with zero attached hydrogens (tertiary/aromatic N) is 2. The molecule has 0 aromatic rings. The highest BCUT2D eigenvalue weighted by molar-refractivity contribution is 5.89. The van der Waals surface area contributed by atoms with E-state index in [1.807, 2.05) is 11.8 Å². The maximum atomic E-state index is 12.0. The summed E-state index contributed by atoms with van der Waals surface area (Å²) in [5.41, 5.74) is 5.42. The minimum Gasteiger partial charge on any atom is -0.380 e. The summed E-state index contributed by atoms with van der Waals surface area (Å²) < 4.78 is 5.33. The van der Waals surface area contributed by atoms with Gasteiger partial charge >= 0.3 is 0 Å². The maximum absolute atomic E-state index is 12.0. The number of piperazine rings is 1. The van der Waals surface area contributed by atoms with Crippen LogP contribution in [-0.4, -0.2) is 67.2 Å². The third-order valence-corrected chi connectivity index (χ3v) is 3.63. The highest BCUT2D eigenvalue weighted by Gasteiger charge is 2.48. The molecule has 5 nitrogen and oxygen atoms in total. The van der Waals surface area contributed by atoms with Gasteiger partial charge in [-0.3, -0.25) is 9.69 Å². The Hall–Kier alpha value is -0.650. The van der Waals surface area contributed by atoms with Gasteiger partial charge in [-0.2, -0.15) is 0 Å². The monoisotopic (exact) mass is 241 g/mol. The van der Waals surface area contributed by atoms with Gasteiger partial charge in [-0.1, -0.05) is 0 Å². The first-order valence-corrected chi connectivity index (χ1v) is 6.54. The van der Waals surface area contributed by atoms with Crippen molar-refractivity contribution in [2.24, 2.45) is 5.73 Å². The molecule has 1 aliphatic carbocycles. The first kappa shape index (κ1) is 12.8. The highest BCUT2D eigenvalue weighted by atomic mass is 16.5. The molecule has 2 fully saturated rings. The van der Waals surface area contributed by atoms with E-state index in [4.69, 9.17) is 10.5 Å². The van der Waals surface area contributed by atoms with Crippen LogP contribution in [-0.2, 0) is 9.53 Å². The summed E-state index contributed by atoms with van der Waals surface area (Å²) in [6.07, 6.45) is 1.72. The van der Waals surface area contributed by atoms with Crippen molar-refractivity contribution in [1.82, 2.24) is 9.80 Å². The van der Waals surface area contributed by atoms with Crippen LogP contribution in [0.3, 0.4) is 0 Å². The Morgan fingerprint density at radius 1 is 1.29 bits per heavy atom. The predicted octanol–water partition coefficient (Wildman–Crippen LogP) is -0.342. The highest BCUT2D eigenvalue weighted by Crippen LogP contribution is 2.34. The molecule has 0 aromatic heterocycles. The number of hydrogen-bond acceptors (Lipinski definition) is 4. The zero-order valence-corrected chi connectivity index (χ0v) is 10.7. The Morgan fingerprint density at radius 2 is 1.94 bits per heavy atom. The molecule has 0 bridgehead atoms. The Morgan fingerprint density at radius 3 is 2.47 bits per heavy atom. The Bertz CT molecular complexity index is 271. The van der Waals surface area contributed by atoms with Crippen molar-refractivity contribution >= 4 is 5.91 Å². The number of ether oxygens (including phenoxy) is 1. The van der Waals surface area contributed by atoms with Gasteiger partial charge in [0.2, 0.25) is 5.91 Å². The predicted molar refractivity (Wildman–Crippen MR) is 65.7 cm³/mol. The lowest BCUT2D eigenvalue weighted by Crippen LogP contribution is -2.54. The second-order valence-electron chi connectivity index (χ2n) is 4.99. The van der Waals surface area contributed by atoms with Crippen molar-refractivity contribution in [2.75, 3.05) is 45.9 Å². The van der Waals surface area contributed by atoms with Crippen LogP contribution in [0.25, 0.3) is 0 Å². The van der Waals surface area contributed by atoms with Gasteiger partial charge in [-0.05, 0) is 19.8 Å². The van der Waals surface area contributed by atoms with E-state index < -0.39 is 5.54 Å². The molecular weight excluding hydrogens is 218 g/mol. The average Bonchev–Trinajstić information content (AvgIpc) is 3.09. The minimum absolute atomic E-state index is 0.155. The van der Waals surface area contributed by atoms with Gasteiger partial charge in [0.25, 0.3) is 0 Å². The fraction of sp³-hybridized carbons (Fsp3) is 0.917. The average molecular weight is 241 g/mol. The first-order chi connectivity index (χ1) is 8.15. The summed E-state index contributed by atoms with van der Waals surface area (Å²) in [5.74, 6) is 0.155. The molecule has 2 aliphatic rings. The standard InChI is InChI=1S/C12H23N3O2/c1-2-17-10-9-14-5-7-15(8-6-14)11(16)12(13)3-4-12/h2-10,13H2,1H3. The summed E-state index contributed by atoms with van der Waals surface area (Å²) in [4.78, 5) is 16.3. The summed E-state index contributed by atoms with van der Waals surface area (Å²) >= 11 is 0. The summed E-state index contributed by atoms with van der Waals surface area (Å²) in [6.45, 7) is 8.02. The number of rotatable bonds is 5. The van der Waals surface area contributed by atoms with E-state index in [1.165, 1.54) is 0 Å². The first-order valence-electron chi connectivity index (χ1n) is 6.54. The molecule has 1 amide bonds. The molecule has 2 rings (SSSR count). The van der Waals surface area contributed by atoms with Crippen LogP contribution in [0.1, 0.15) is 19.8 Å². The van der Waals surface area contributed by atoms with Crippen molar-refractivity contribution < 1.29 is 9.53 Å². The molecule has 0 atom stereocenters. The Balaban J connectivity index is 1.69. The van der Waals surface area contributed by atoms with E-state index in [9.17, 15) is 4.79 Å². The van der Waals surface area contributed by atoms with E-state index in [1.54, 1.807) is 0 Å². The summed E-state index contributed by atoms with van der Waals surface area (Å²) in [5, 5.41) is 0. The number of nitrogens with two attached hydrogens (primary N) is 1. The Labute approximate surface area is 103 Å². The molecule has 1 aliphatic heterocycles. The van der Waals surface area contributed by atoms with Crippen LogP contribution in [0.4, 0.5) is 0 Å². The molecule has 0 spiro atoms. The maximum Gasteiger partial charge on any atom is 0.242 e.